The van der Waals surface area contributed by atoms with E-state index in [9.17, 15) is 13.2 Å². The minimum Gasteiger partial charge on any atom is -0.497 e. The number of amides is 1. The van der Waals surface area contributed by atoms with E-state index in [2.05, 4.69) is 10.3 Å². The maximum absolute atomic E-state index is 12.9. The largest absolute Gasteiger partial charge is 0.497 e. The quantitative estimate of drug-likeness (QED) is 0.725. The van der Waals surface area contributed by atoms with Crippen molar-refractivity contribution in [2.75, 3.05) is 12.4 Å². The number of nitrogens with one attached hydrogen (secondary N) is 1. The zero-order chi connectivity index (χ0) is 18.4. The molecule has 1 aliphatic carbocycles. The fraction of sp³-hybridized carbons (Fsp3) is 0.222. The number of ether oxygens (including phenoxy) is 1. The Morgan fingerprint density at radius 2 is 1.92 bits per heavy atom. The maximum Gasteiger partial charge on any atom is 0.248 e. The molecule has 0 saturated heterocycles. The monoisotopic (exact) mass is 388 g/mol. The molecular weight excluding hydrogens is 372 g/mol. The van der Waals surface area contributed by atoms with Crippen molar-refractivity contribution in [2.45, 2.75) is 22.5 Å². The van der Waals surface area contributed by atoms with Gasteiger partial charge in [-0.1, -0.05) is 29.5 Å². The predicted molar refractivity (Wildman–Crippen MR) is 100 cm³/mol. The molecule has 1 fully saturated rings. The van der Waals surface area contributed by atoms with Gasteiger partial charge in [-0.25, -0.2) is 13.4 Å². The fourth-order valence-electron chi connectivity index (χ4n) is 2.85. The van der Waals surface area contributed by atoms with Gasteiger partial charge < -0.3 is 10.1 Å². The molecule has 3 aromatic rings. The Morgan fingerprint density at radius 1 is 1.19 bits per heavy atom. The molecule has 26 heavy (non-hydrogen) atoms. The molecule has 0 unspecified atom stereocenters. The number of sulfone groups is 1. The molecule has 1 aliphatic rings. The van der Waals surface area contributed by atoms with Gasteiger partial charge in [-0.2, -0.15) is 0 Å². The highest BCUT2D eigenvalue weighted by Crippen LogP contribution is 2.47. The van der Waals surface area contributed by atoms with Crippen LogP contribution in [-0.4, -0.2) is 31.2 Å². The van der Waals surface area contributed by atoms with Crippen LogP contribution in [0.4, 0.5) is 5.13 Å². The summed E-state index contributed by atoms with van der Waals surface area (Å²) in [5.74, 6) is 0.178. The van der Waals surface area contributed by atoms with Crippen LogP contribution >= 0.6 is 11.3 Å². The van der Waals surface area contributed by atoms with Crippen molar-refractivity contribution in [2.24, 2.45) is 0 Å². The number of nitrogens with zero attached hydrogens (tertiary/aromatic N) is 1. The third-order valence-corrected chi connectivity index (χ3v) is 7.95. The van der Waals surface area contributed by atoms with E-state index in [0.29, 0.717) is 23.7 Å². The molecule has 1 saturated carbocycles. The molecule has 0 aliphatic heterocycles. The number of anilines is 1. The number of thiazole rings is 1. The number of carbonyl (C=O) groups excluding carboxylic acids is 1. The first-order valence-electron chi connectivity index (χ1n) is 8.02. The molecule has 0 bridgehead atoms. The van der Waals surface area contributed by atoms with Crippen molar-refractivity contribution >= 4 is 42.4 Å². The first-order valence-corrected chi connectivity index (χ1v) is 10.3. The van der Waals surface area contributed by atoms with Gasteiger partial charge in [0.05, 0.1) is 22.2 Å². The Balaban J connectivity index is 1.62. The van der Waals surface area contributed by atoms with Gasteiger partial charge in [0, 0.05) is 0 Å². The molecule has 0 radical (unpaired) electrons. The van der Waals surface area contributed by atoms with Gasteiger partial charge in [-0.15, -0.1) is 0 Å². The number of carbonyl (C=O) groups is 1. The molecule has 1 N–H and O–H groups in total. The molecule has 0 spiro atoms. The lowest BCUT2D eigenvalue weighted by atomic mass is 10.3. The van der Waals surface area contributed by atoms with Gasteiger partial charge in [0.25, 0.3) is 0 Å². The summed E-state index contributed by atoms with van der Waals surface area (Å²) in [7, 11) is -2.16. The molecule has 1 heterocycles. The van der Waals surface area contributed by atoms with Gasteiger partial charge in [-0.3, -0.25) is 4.79 Å². The van der Waals surface area contributed by atoms with Crippen molar-refractivity contribution in [3.05, 3.63) is 48.5 Å². The minimum atomic E-state index is -3.74. The number of fused-ring (bicyclic) bond motifs is 1. The number of rotatable bonds is 5. The highest BCUT2D eigenvalue weighted by atomic mass is 32.2. The number of benzene rings is 2. The lowest BCUT2D eigenvalue weighted by molar-refractivity contribution is -0.116. The smallest absolute Gasteiger partial charge is 0.248 e. The van der Waals surface area contributed by atoms with Crippen LogP contribution in [0.15, 0.2) is 53.4 Å². The molecule has 6 nitrogen and oxygen atoms in total. The summed E-state index contributed by atoms with van der Waals surface area (Å²) in [5.41, 5.74) is 0.724. The number of aromatic nitrogens is 1. The zero-order valence-corrected chi connectivity index (χ0v) is 15.6. The van der Waals surface area contributed by atoms with E-state index in [-0.39, 0.29) is 4.90 Å². The van der Waals surface area contributed by atoms with Crippen molar-refractivity contribution in [1.82, 2.24) is 4.98 Å². The molecule has 0 atom stereocenters. The van der Waals surface area contributed by atoms with E-state index in [1.54, 1.807) is 37.4 Å². The zero-order valence-electron chi connectivity index (χ0n) is 13.9. The highest BCUT2D eigenvalue weighted by Gasteiger charge is 2.61. The lowest BCUT2D eigenvalue weighted by Gasteiger charge is -2.15. The molecule has 1 aromatic heterocycles. The molecule has 1 amide bonds. The standard InChI is InChI=1S/C18H16N2O4S2/c1-24-12-7-8-14-15(11-12)25-17(19-14)20-16(21)18(9-10-18)26(22,23)13-5-3-2-4-6-13/h2-8,11H,9-10H2,1H3,(H,19,20,21). The number of hydrogen-bond donors (Lipinski definition) is 1. The molecule has 4 rings (SSSR count). The van der Waals surface area contributed by atoms with E-state index in [1.807, 2.05) is 6.07 Å². The van der Waals surface area contributed by atoms with E-state index in [1.165, 1.54) is 23.5 Å². The maximum atomic E-state index is 12.9. The molecular formula is C18H16N2O4S2. The minimum absolute atomic E-state index is 0.168. The first kappa shape index (κ1) is 17.0. The highest BCUT2D eigenvalue weighted by molar-refractivity contribution is 7.94. The Bertz CT molecular complexity index is 1090. The van der Waals surface area contributed by atoms with Crippen molar-refractivity contribution in [3.63, 3.8) is 0 Å². The topological polar surface area (TPSA) is 85.4 Å². The van der Waals surface area contributed by atoms with Gasteiger partial charge in [0.1, 0.15) is 5.75 Å². The second kappa shape index (κ2) is 6.07. The van der Waals surface area contributed by atoms with Crippen LogP contribution in [0.1, 0.15) is 12.8 Å². The normalized spacial score (nSPS) is 15.6. The Labute approximate surface area is 154 Å². The first-order chi connectivity index (χ1) is 12.5. The second-order valence-corrected chi connectivity index (χ2v) is 9.41. The number of methoxy groups -OCH3 is 1. The van der Waals surface area contributed by atoms with E-state index in [0.717, 1.165) is 10.2 Å². The molecule has 134 valence electrons. The van der Waals surface area contributed by atoms with Crippen LogP contribution in [-0.2, 0) is 14.6 Å². The summed E-state index contributed by atoms with van der Waals surface area (Å²) >= 11 is 1.29. The van der Waals surface area contributed by atoms with Crippen LogP contribution in [0.3, 0.4) is 0 Å². The van der Waals surface area contributed by atoms with Crippen LogP contribution < -0.4 is 10.1 Å². The summed E-state index contributed by atoms with van der Waals surface area (Å²) in [6.07, 6.45) is 0.629. The third kappa shape index (κ3) is 2.65. The summed E-state index contributed by atoms with van der Waals surface area (Å²) < 4.78 is 30.5. The Morgan fingerprint density at radius 3 is 2.58 bits per heavy atom. The van der Waals surface area contributed by atoms with Gasteiger partial charge in [0.2, 0.25) is 5.91 Å². The van der Waals surface area contributed by atoms with Gasteiger partial charge in [-0.05, 0) is 43.2 Å². The van der Waals surface area contributed by atoms with Crippen LogP contribution in [0.25, 0.3) is 10.2 Å². The Hall–Kier alpha value is -2.45. The van der Waals surface area contributed by atoms with Crippen LogP contribution in [0.5, 0.6) is 5.75 Å². The van der Waals surface area contributed by atoms with Crippen molar-refractivity contribution < 1.29 is 17.9 Å². The third-order valence-electron chi connectivity index (χ3n) is 4.50. The van der Waals surface area contributed by atoms with Crippen molar-refractivity contribution in [1.29, 1.82) is 0 Å². The lowest BCUT2D eigenvalue weighted by Crippen LogP contribution is -2.37. The predicted octanol–water partition coefficient (Wildman–Crippen LogP) is 3.25. The Kier molecular flexibility index (Phi) is 3.96. The van der Waals surface area contributed by atoms with E-state index >= 15 is 0 Å². The summed E-state index contributed by atoms with van der Waals surface area (Å²) in [4.78, 5) is 17.3. The van der Waals surface area contributed by atoms with Gasteiger partial charge >= 0.3 is 0 Å². The number of hydrogen-bond acceptors (Lipinski definition) is 6. The second-order valence-electron chi connectivity index (χ2n) is 6.12. The summed E-state index contributed by atoms with van der Waals surface area (Å²) in [5, 5.41) is 3.08. The van der Waals surface area contributed by atoms with Crippen LogP contribution in [0.2, 0.25) is 0 Å². The molecule has 8 heteroatoms. The summed E-state index contributed by atoms with van der Waals surface area (Å²) in [6.45, 7) is 0. The average Bonchev–Trinajstić information content (AvgIpc) is 3.38. The summed E-state index contributed by atoms with van der Waals surface area (Å²) in [6, 6.07) is 13.5. The molecule has 2 aromatic carbocycles. The van der Waals surface area contributed by atoms with E-state index in [4.69, 9.17) is 4.74 Å². The fourth-order valence-corrected chi connectivity index (χ4v) is 5.64. The van der Waals surface area contributed by atoms with Gasteiger partial charge in [0.15, 0.2) is 19.7 Å². The SMILES string of the molecule is COc1ccc2nc(NC(=O)C3(S(=O)(=O)c4ccccc4)CC3)sc2c1. The van der Waals surface area contributed by atoms with Crippen molar-refractivity contribution in [3.8, 4) is 5.75 Å². The van der Waals surface area contributed by atoms with E-state index < -0.39 is 20.5 Å². The van der Waals surface area contributed by atoms with Crippen LogP contribution in [0, 0.1) is 0 Å². The average molecular weight is 388 g/mol.